The number of hydrogen-bond acceptors (Lipinski definition) is 6. The lowest BCUT2D eigenvalue weighted by atomic mass is 10.0. The largest absolute Gasteiger partial charge is 0.456 e. The van der Waals surface area contributed by atoms with E-state index in [0.29, 0.717) is 11.3 Å². The predicted octanol–water partition coefficient (Wildman–Crippen LogP) is 1.23. The van der Waals surface area contributed by atoms with Crippen LogP contribution in [-0.4, -0.2) is 40.5 Å². The van der Waals surface area contributed by atoms with Gasteiger partial charge in [0.05, 0.1) is 11.1 Å². The Morgan fingerprint density at radius 1 is 1.20 bits per heavy atom. The van der Waals surface area contributed by atoms with Crippen LogP contribution in [0.2, 0.25) is 0 Å². The van der Waals surface area contributed by atoms with E-state index in [1.807, 2.05) is 6.92 Å². The number of fused-ring (bicyclic) bond motifs is 1. The molecule has 30 heavy (non-hydrogen) atoms. The van der Waals surface area contributed by atoms with Gasteiger partial charge in [0.2, 0.25) is 11.8 Å². The Balaban J connectivity index is 1.56. The zero-order valence-corrected chi connectivity index (χ0v) is 16.4. The normalized spacial score (nSPS) is 18.5. The number of amides is 5. The van der Waals surface area contributed by atoms with E-state index in [2.05, 4.69) is 10.6 Å². The number of aryl methyl sites for hydroxylation is 2. The number of piperidine rings is 1. The maximum atomic E-state index is 13.0. The number of carbonyl (C=O) groups is 5. The van der Waals surface area contributed by atoms with E-state index < -0.39 is 35.6 Å². The second-order valence-corrected chi connectivity index (χ2v) is 7.32. The molecule has 1 aromatic carbocycles. The molecule has 0 spiro atoms. The minimum Gasteiger partial charge on any atom is -0.456 e. The number of furan rings is 1. The quantitative estimate of drug-likeness (QED) is 0.732. The van der Waals surface area contributed by atoms with Crippen LogP contribution in [-0.2, 0) is 16.1 Å². The Morgan fingerprint density at radius 2 is 1.97 bits per heavy atom. The first kappa shape index (κ1) is 19.6. The van der Waals surface area contributed by atoms with Crippen LogP contribution in [0.1, 0.15) is 61.0 Å². The fraction of sp³-hybridized carbons (Fsp3) is 0.286. The molecule has 2 aliphatic heterocycles. The molecule has 1 atom stereocenters. The SMILES string of the molecule is Cc1cc(C(=O)NCc2cccc3c2C(=O)N(C2CCC(=O)NC2=O)C3=O)oc1C. The number of nitrogens with one attached hydrogen (secondary N) is 2. The molecule has 1 unspecified atom stereocenters. The fourth-order valence-electron chi connectivity index (χ4n) is 3.68. The molecule has 9 nitrogen and oxygen atoms in total. The number of carbonyl (C=O) groups excluding carboxylic acids is 5. The molecule has 1 aromatic heterocycles. The van der Waals surface area contributed by atoms with Crippen molar-refractivity contribution >= 4 is 29.5 Å². The summed E-state index contributed by atoms with van der Waals surface area (Å²) in [4.78, 5) is 62.7. The highest BCUT2D eigenvalue weighted by Gasteiger charge is 2.45. The molecular formula is C21H19N3O6. The van der Waals surface area contributed by atoms with Gasteiger partial charge in [-0.2, -0.15) is 0 Å². The summed E-state index contributed by atoms with van der Waals surface area (Å²) in [6.45, 7) is 3.58. The van der Waals surface area contributed by atoms with Gasteiger partial charge >= 0.3 is 0 Å². The van der Waals surface area contributed by atoms with Crippen molar-refractivity contribution in [1.82, 2.24) is 15.5 Å². The van der Waals surface area contributed by atoms with Crippen molar-refractivity contribution < 1.29 is 28.4 Å². The minimum atomic E-state index is -1.04. The average Bonchev–Trinajstić information content (AvgIpc) is 3.17. The number of rotatable bonds is 4. The molecule has 2 N–H and O–H groups in total. The molecule has 2 aliphatic rings. The van der Waals surface area contributed by atoms with Gasteiger partial charge in [0, 0.05) is 13.0 Å². The Hall–Kier alpha value is -3.75. The first-order valence-corrected chi connectivity index (χ1v) is 9.46. The van der Waals surface area contributed by atoms with Crippen LogP contribution < -0.4 is 10.6 Å². The van der Waals surface area contributed by atoms with Gasteiger partial charge in [-0.05, 0) is 43.5 Å². The molecule has 2 aromatic rings. The van der Waals surface area contributed by atoms with Crippen LogP contribution in [0.3, 0.4) is 0 Å². The summed E-state index contributed by atoms with van der Waals surface area (Å²) in [5, 5.41) is 4.85. The van der Waals surface area contributed by atoms with Crippen LogP contribution in [0.5, 0.6) is 0 Å². The van der Waals surface area contributed by atoms with E-state index in [1.54, 1.807) is 25.1 Å². The topological polar surface area (TPSA) is 126 Å². The molecule has 0 saturated carbocycles. The highest BCUT2D eigenvalue weighted by molar-refractivity contribution is 6.24. The second-order valence-electron chi connectivity index (χ2n) is 7.32. The monoisotopic (exact) mass is 409 g/mol. The van der Waals surface area contributed by atoms with E-state index in [-0.39, 0.29) is 36.3 Å². The first-order chi connectivity index (χ1) is 14.3. The molecule has 154 valence electrons. The third kappa shape index (κ3) is 3.18. The van der Waals surface area contributed by atoms with Gasteiger partial charge in [-0.25, -0.2) is 0 Å². The average molecular weight is 409 g/mol. The van der Waals surface area contributed by atoms with Crippen molar-refractivity contribution in [2.45, 2.75) is 39.3 Å². The Bertz CT molecular complexity index is 1100. The van der Waals surface area contributed by atoms with Gasteiger partial charge in [0.1, 0.15) is 11.8 Å². The van der Waals surface area contributed by atoms with Gasteiger partial charge in [-0.3, -0.25) is 34.2 Å². The smallest absolute Gasteiger partial charge is 0.287 e. The Morgan fingerprint density at radius 3 is 2.63 bits per heavy atom. The van der Waals surface area contributed by atoms with E-state index >= 15 is 0 Å². The maximum absolute atomic E-state index is 13.0. The van der Waals surface area contributed by atoms with Gasteiger partial charge < -0.3 is 9.73 Å². The summed E-state index contributed by atoms with van der Waals surface area (Å²) in [6, 6.07) is 5.34. The lowest BCUT2D eigenvalue weighted by molar-refractivity contribution is -0.136. The molecule has 3 heterocycles. The van der Waals surface area contributed by atoms with Gasteiger partial charge in [-0.15, -0.1) is 0 Å². The lowest BCUT2D eigenvalue weighted by Crippen LogP contribution is -2.54. The van der Waals surface area contributed by atoms with Crippen molar-refractivity contribution in [3.63, 3.8) is 0 Å². The second kappa shape index (κ2) is 7.25. The van der Waals surface area contributed by atoms with E-state index in [9.17, 15) is 24.0 Å². The van der Waals surface area contributed by atoms with Crippen LogP contribution in [0.4, 0.5) is 0 Å². The molecule has 0 aliphatic carbocycles. The van der Waals surface area contributed by atoms with Crippen molar-refractivity contribution in [2.75, 3.05) is 0 Å². The lowest BCUT2D eigenvalue weighted by Gasteiger charge is -2.27. The number of nitrogens with zero attached hydrogens (tertiary/aromatic N) is 1. The van der Waals surface area contributed by atoms with Gasteiger partial charge in [0.25, 0.3) is 17.7 Å². The number of benzene rings is 1. The van der Waals surface area contributed by atoms with Crippen LogP contribution in [0.25, 0.3) is 0 Å². The summed E-state index contributed by atoms with van der Waals surface area (Å²) in [6.07, 6.45) is 0.133. The van der Waals surface area contributed by atoms with Crippen LogP contribution in [0, 0.1) is 13.8 Å². The molecule has 0 bridgehead atoms. The third-order valence-corrected chi connectivity index (χ3v) is 5.38. The van der Waals surface area contributed by atoms with Crippen LogP contribution in [0.15, 0.2) is 28.7 Å². The molecule has 1 fully saturated rings. The van der Waals surface area contributed by atoms with Crippen LogP contribution >= 0.6 is 0 Å². The third-order valence-electron chi connectivity index (χ3n) is 5.38. The zero-order chi connectivity index (χ0) is 21.6. The Labute approximate surface area is 171 Å². The first-order valence-electron chi connectivity index (χ1n) is 9.46. The standard InChI is InChI=1S/C21H19N3O6/c1-10-8-15(30-11(10)2)19(27)22-9-12-4-3-5-13-17(12)21(29)24(20(13)28)14-6-7-16(25)23-18(14)26/h3-5,8,14H,6-7,9H2,1-2H3,(H,22,27)(H,23,25,26). The highest BCUT2D eigenvalue weighted by Crippen LogP contribution is 2.30. The van der Waals surface area contributed by atoms with E-state index in [4.69, 9.17) is 4.42 Å². The van der Waals surface area contributed by atoms with Crippen molar-refractivity contribution in [1.29, 1.82) is 0 Å². The predicted molar refractivity (Wildman–Crippen MR) is 102 cm³/mol. The molecule has 0 radical (unpaired) electrons. The number of imide groups is 2. The van der Waals surface area contributed by atoms with Crippen molar-refractivity contribution in [3.8, 4) is 0 Å². The summed E-state index contributed by atoms with van der Waals surface area (Å²) in [5.41, 5.74) is 1.62. The Kier molecular flexibility index (Phi) is 4.73. The minimum absolute atomic E-state index is 0.00299. The van der Waals surface area contributed by atoms with E-state index in [0.717, 1.165) is 10.5 Å². The van der Waals surface area contributed by atoms with Crippen molar-refractivity contribution in [3.05, 3.63) is 58.0 Å². The summed E-state index contributed by atoms with van der Waals surface area (Å²) >= 11 is 0. The molecule has 1 saturated heterocycles. The number of hydrogen-bond donors (Lipinski definition) is 2. The maximum Gasteiger partial charge on any atom is 0.287 e. The van der Waals surface area contributed by atoms with Gasteiger partial charge in [0.15, 0.2) is 5.76 Å². The molecular weight excluding hydrogens is 390 g/mol. The fourth-order valence-corrected chi connectivity index (χ4v) is 3.68. The van der Waals surface area contributed by atoms with E-state index in [1.165, 1.54) is 6.07 Å². The zero-order valence-electron chi connectivity index (χ0n) is 16.4. The molecule has 4 rings (SSSR count). The molecule has 5 amide bonds. The summed E-state index contributed by atoms with van der Waals surface area (Å²) < 4.78 is 5.40. The molecule has 9 heteroatoms. The van der Waals surface area contributed by atoms with Gasteiger partial charge in [-0.1, -0.05) is 12.1 Å². The summed E-state index contributed by atoms with van der Waals surface area (Å²) in [7, 11) is 0. The van der Waals surface area contributed by atoms with Crippen molar-refractivity contribution in [2.24, 2.45) is 0 Å². The summed E-state index contributed by atoms with van der Waals surface area (Å²) in [5.74, 6) is -1.94. The highest BCUT2D eigenvalue weighted by atomic mass is 16.3.